The van der Waals surface area contributed by atoms with Crippen molar-refractivity contribution in [2.24, 2.45) is 5.41 Å². The Morgan fingerprint density at radius 3 is 2.55 bits per heavy atom. The number of piperidine rings is 1. The van der Waals surface area contributed by atoms with Gasteiger partial charge in [-0.15, -0.1) is 0 Å². The number of carbonyl (C=O) groups excluding carboxylic acids is 1. The molecule has 2 aliphatic rings. The molecule has 2 aliphatic heterocycles. The van der Waals surface area contributed by atoms with Crippen LogP contribution in [0.25, 0.3) is 22.4 Å². The second kappa shape index (κ2) is 7.25. The number of imidazole rings is 1. The van der Waals surface area contributed by atoms with E-state index in [0.717, 1.165) is 29.7 Å². The monoisotopic (exact) mass is 423 g/mol. The second-order valence-electron chi connectivity index (χ2n) is 9.28. The van der Waals surface area contributed by atoms with Gasteiger partial charge < -0.3 is 18.9 Å². The molecule has 3 heterocycles. The molecule has 3 aromatic rings. The summed E-state index contributed by atoms with van der Waals surface area (Å²) in [6.07, 6.45) is 1.64. The van der Waals surface area contributed by atoms with Crippen LogP contribution in [0, 0.1) is 11.2 Å². The summed E-state index contributed by atoms with van der Waals surface area (Å²) >= 11 is 0. The van der Waals surface area contributed by atoms with Gasteiger partial charge in [0, 0.05) is 36.2 Å². The van der Waals surface area contributed by atoms with Crippen molar-refractivity contribution < 1.29 is 18.7 Å². The lowest BCUT2D eigenvalue weighted by Gasteiger charge is -2.36. The summed E-state index contributed by atoms with van der Waals surface area (Å²) in [7, 11) is 0. The molecule has 0 aliphatic carbocycles. The van der Waals surface area contributed by atoms with E-state index in [-0.39, 0.29) is 30.0 Å². The standard InChI is InChI=1S/C24H26FN3O3/c1-24(2,3)23(29)27-10-8-17(9-11-27)28-19-6-5-16(25)13-18(19)26-22(28)15-4-7-20-21(12-15)31-14-30-20/h4-7,12-13,17H,8-11,14H2,1-3H3. The quantitative estimate of drug-likeness (QED) is 0.595. The molecule has 0 bridgehead atoms. The number of amides is 1. The lowest BCUT2D eigenvalue weighted by Crippen LogP contribution is -2.44. The lowest BCUT2D eigenvalue weighted by atomic mass is 9.93. The minimum Gasteiger partial charge on any atom is -0.454 e. The van der Waals surface area contributed by atoms with Gasteiger partial charge in [0.2, 0.25) is 12.7 Å². The van der Waals surface area contributed by atoms with Gasteiger partial charge in [0.25, 0.3) is 0 Å². The maximum absolute atomic E-state index is 13.9. The number of hydrogen-bond acceptors (Lipinski definition) is 4. The fourth-order valence-electron chi connectivity index (χ4n) is 4.48. The first-order valence-corrected chi connectivity index (χ1v) is 10.7. The summed E-state index contributed by atoms with van der Waals surface area (Å²) in [5.74, 6) is 2.05. The molecule has 6 nitrogen and oxygen atoms in total. The van der Waals surface area contributed by atoms with Crippen molar-refractivity contribution in [3.63, 3.8) is 0 Å². The highest BCUT2D eigenvalue weighted by Crippen LogP contribution is 2.39. The minimum atomic E-state index is -0.385. The average molecular weight is 423 g/mol. The minimum absolute atomic E-state index is 0.167. The molecule has 1 saturated heterocycles. The average Bonchev–Trinajstić information content (AvgIpc) is 3.36. The van der Waals surface area contributed by atoms with Gasteiger partial charge in [0.15, 0.2) is 11.5 Å². The highest BCUT2D eigenvalue weighted by Gasteiger charge is 2.32. The van der Waals surface area contributed by atoms with Gasteiger partial charge in [-0.05, 0) is 43.2 Å². The second-order valence-corrected chi connectivity index (χ2v) is 9.28. The smallest absolute Gasteiger partial charge is 0.231 e. The number of aromatic nitrogens is 2. The van der Waals surface area contributed by atoms with E-state index in [2.05, 4.69) is 4.57 Å². The van der Waals surface area contributed by atoms with Crippen LogP contribution in [0.1, 0.15) is 39.7 Å². The first-order chi connectivity index (χ1) is 14.8. The number of ether oxygens (including phenoxy) is 2. The number of benzene rings is 2. The van der Waals surface area contributed by atoms with Crippen molar-refractivity contribution in [1.82, 2.24) is 14.5 Å². The normalized spacial score (nSPS) is 16.8. The molecule has 0 saturated carbocycles. The van der Waals surface area contributed by atoms with Crippen molar-refractivity contribution >= 4 is 16.9 Å². The number of fused-ring (bicyclic) bond motifs is 2. The summed E-state index contributed by atoms with van der Waals surface area (Å²) < 4.78 is 27.1. The number of halogens is 1. The van der Waals surface area contributed by atoms with Crippen LogP contribution in [-0.2, 0) is 4.79 Å². The molecule has 0 atom stereocenters. The Kier molecular flexibility index (Phi) is 4.64. The number of carbonyl (C=O) groups is 1. The number of likely N-dealkylation sites (tertiary alicyclic amines) is 1. The Morgan fingerprint density at radius 2 is 1.81 bits per heavy atom. The fraction of sp³-hybridized carbons (Fsp3) is 0.417. The first kappa shape index (κ1) is 19.8. The summed E-state index contributed by atoms with van der Waals surface area (Å²) in [6, 6.07) is 10.7. The zero-order valence-corrected chi connectivity index (χ0v) is 18.0. The maximum Gasteiger partial charge on any atom is 0.231 e. The number of hydrogen-bond donors (Lipinski definition) is 0. The van der Waals surface area contributed by atoms with E-state index in [1.54, 1.807) is 6.07 Å². The van der Waals surface area contributed by atoms with Gasteiger partial charge >= 0.3 is 0 Å². The zero-order chi connectivity index (χ0) is 21.8. The molecule has 162 valence electrons. The van der Waals surface area contributed by atoms with E-state index in [4.69, 9.17) is 14.5 Å². The molecule has 0 radical (unpaired) electrons. The molecule has 0 spiro atoms. The molecular formula is C24H26FN3O3. The third-order valence-corrected chi connectivity index (χ3v) is 6.04. The molecule has 7 heteroatoms. The Balaban J connectivity index is 1.52. The van der Waals surface area contributed by atoms with Crippen molar-refractivity contribution in [3.05, 3.63) is 42.2 Å². The van der Waals surface area contributed by atoms with Crippen molar-refractivity contribution in [1.29, 1.82) is 0 Å². The van der Waals surface area contributed by atoms with Gasteiger partial charge in [0.1, 0.15) is 11.6 Å². The SMILES string of the molecule is CC(C)(C)C(=O)N1CCC(n2c(-c3ccc4c(c3)OCO4)nc3cc(F)ccc32)CC1. The van der Waals surface area contributed by atoms with Crippen molar-refractivity contribution in [3.8, 4) is 22.9 Å². The maximum atomic E-state index is 13.9. The van der Waals surface area contributed by atoms with Gasteiger partial charge in [-0.3, -0.25) is 4.79 Å². The van der Waals surface area contributed by atoms with E-state index >= 15 is 0 Å². The van der Waals surface area contributed by atoms with Crippen LogP contribution >= 0.6 is 0 Å². The molecule has 31 heavy (non-hydrogen) atoms. The Hall–Kier alpha value is -3.09. The third-order valence-electron chi connectivity index (χ3n) is 6.04. The molecular weight excluding hydrogens is 397 g/mol. The van der Waals surface area contributed by atoms with Gasteiger partial charge in [-0.1, -0.05) is 20.8 Å². The van der Waals surface area contributed by atoms with Crippen LogP contribution in [0.2, 0.25) is 0 Å². The number of nitrogens with zero attached hydrogens (tertiary/aromatic N) is 3. The first-order valence-electron chi connectivity index (χ1n) is 10.7. The summed E-state index contributed by atoms with van der Waals surface area (Å²) in [5, 5.41) is 0. The lowest BCUT2D eigenvalue weighted by molar-refractivity contribution is -0.140. The van der Waals surface area contributed by atoms with Crippen molar-refractivity contribution in [2.75, 3.05) is 19.9 Å². The van der Waals surface area contributed by atoms with E-state index in [1.165, 1.54) is 12.1 Å². The summed E-state index contributed by atoms with van der Waals surface area (Å²) in [5.41, 5.74) is 2.04. The topological polar surface area (TPSA) is 56.6 Å². The fourth-order valence-corrected chi connectivity index (χ4v) is 4.48. The highest BCUT2D eigenvalue weighted by atomic mass is 19.1. The molecule has 1 fully saturated rings. The molecule has 2 aromatic carbocycles. The van der Waals surface area contributed by atoms with Gasteiger partial charge in [-0.25, -0.2) is 9.37 Å². The van der Waals surface area contributed by atoms with E-state index in [1.807, 2.05) is 43.9 Å². The molecule has 1 aromatic heterocycles. The highest BCUT2D eigenvalue weighted by molar-refractivity contribution is 5.82. The van der Waals surface area contributed by atoms with Gasteiger partial charge in [0.05, 0.1) is 11.0 Å². The van der Waals surface area contributed by atoms with Crippen molar-refractivity contribution in [2.45, 2.75) is 39.7 Å². The number of rotatable bonds is 2. The molecule has 0 N–H and O–H groups in total. The Labute approximate surface area is 180 Å². The van der Waals surface area contributed by atoms with E-state index in [0.29, 0.717) is 30.1 Å². The summed E-state index contributed by atoms with van der Waals surface area (Å²) in [6.45, 7) is 7.47. The predicted molar refractivity (Wildman–Crippen MR) is 116 cm³/mol. The molecule has 5 rings (SSSR count). The van der Waals surface area contributed by atoms with Crippen LogP contribution in [0.3, 0.4) is 0 Å². The zero-order valence-electron chi connectivity index (χ0n) is 18.0. The summed E-state index contributed by atoms with van der Waals surface area (Å²) in [4.78, 5) is 19.4. The Bertz CT molecular complexity index is 1160. The largest absolute Gasteiger partial charge is 0.454 e. The van der Waals surface area contributed by atoms with E-state index < -0.39 is 0 Å². The van der Waals surface area contributed by atoms with Gasteiger partial charge in [-0.2, -0.15) is 0 Å². The van der Waals surface area contributed by atoms with Crippen LogP contribution in [-0.4, -0.2) is 40.2 Å². The van der Waals surface area contributed by atoms with Crippen LogP contribution in [0.5, 0.6) is 11.5 Å². The third kappa shape index (κ3) is 3.52. The Morgan fingerprint density at radius 1 is 1.06 bits per heavy atom. The van der Waals surface area contributed by atoms with E-state index in [9.17, 15) is 9.18 Å². The van der Waals surface area contributed by atoms with Crippen LogP contribution in [0.4, 0.5) is 4.39 Å². The predicted octanol–water partition coefficient (Wildman–Crippen LogP) is 4.78. The molecule has 1 amide bonds. The molecule has 0 unspecified atom stereocenters. The van der Waals surface area contributed by atoms with Crippen LogP contribution < -0.4 is 9.47 Å². The van der Waals surface area contributed by atoms with Crippen LogP contribution in [0.15, 0.2) is 36.4 Å².